The van der Waals surface area contributed by atoms with E-state index < -0.39 is 0 Å². The molecule has 2 aromatic rings. The van der Waals surface area contributed by atoms with E-state index in [1.807, 2.05) is 42.1 Å². The molecule has 5 heteroatoms. The van der Waals surface area contributed by atoms with E-state index in [0.29, 0.717) is 25.3 Å². The number of amides is 1. The third kappa shape index (κ3) is 3.13. The van der Waals surface area contributed by atoms with Gasteiger partial charge in [0.05, 0.1) is 25.4 Å². The first-order valence-corrected chi connectivity index (χ1v) is 6.25. The molecule has 0 atom stereocenters. The summed E-state index contributed by atoms with van der Waals surface area (Å²) in [5.41, 5.74) is 1.70. The monoisotopic (exact) mass is 262 g/mol. The van der Waals surface area contributed by atoms with Crippen LogP contribution in [0.3, 0.4) is 0 Å². The molecule has 19 heavy (non-hydrogen) atoms. The molecule has 1 aromatic carbocycles. The Hall–Kier alpha value is -1.85. The van der Waals surface area contributed by atoms with Gasteiger partial charge in [-0.05, 0) is 6.07 Å². The summed E-state index contributed by atoms with van der Waals surface area (Å²) in [6.45, 7) is 1.13. The van der Waals surface area contributed by atoms with Gasteiger partial charge in [0, 0.05) is 30.7 Å². The van der Waals surface area contributed by atoms with E-state index in [0.717, 1.165) is 10.9 Å². The highest BCUT2D eigenvalue weighted by atomic mass is 16.5. The third-order valence-electron chi connectivity index (χ3n) is 2.91. The van der Waals surface area contributed by atoms with E-state index in [4.69, 9.17) is 9.84 Å². The van der Waals surface area contributed by atoms with Gasteiger partial charge in [0.15, 0.2) is 0 Å². The van der Waals surface area contributed by atoms with Gasteiger partial charge in [-0.3, -0.25) is 4.79 Å². The minimum Gasteiger partial charge on any atom is -0.394 e. The van der Waals surface area contributed by atoms with Crippen LogP contribution in [0.25, 0.3) is 10.9 Å². The molecule has 0 radical (unpaired) electrons. The molecular weight excluding hydrogens is 244 g/mol. The summed E-state index contributed by atoms with van der Waals surface area (Å²) in [7, 11) is 1.92. The van der Waals surface area contributed by atoms with Gasteiger partial charge in [0.1, 0.15) is 0 Å². The number of hydrogen-bond donors (Lipinski definition) is 2. The minimum absolute atomic E-state index is 0.00271. The SMILES string of the molecule is Cn1cc(C(=O)NCCOCCO)c2ccccc21. The Kier molecular flexibility index (Phi) is 4.54. The van der Waals surface area contributed by atoms with Gasteiger partial charge < -0.3 is 19.7 Å². The maximum atomic E-state index is 12.1. The summed E-state index contributed by atoms with van der Waals surface area (Å²) >= 11 is 0. The Bertz CT molecular complexity index is 563. The Labute approximate surface area is 111 Å². The molecule has 0 bridgehead atoms. The summed E-state index contributed by atoms with van der Waals surface area (Å²) in [6.07, 6.45) is 1.83. The highest BCUT2D eigenvalue weighted by Crippen LogP contribution is 2.19. The Morgan fingerprint density at radius 1 is 1.37 bits per heavy atom. The second kappa shape index (κ2) is 6.36. The van der Waals surface area contributed by atoms with E-state index in [1.165, 1.54) is 0 Å². The van der Waals surface area contributed by atoms with Crippen molar-refractivity contribution >= 4 is 16.8 Å². The van der Waals surface area contributed by atoms with Crippen molar-refractivity contribution in [3.8, 4) is 0 Å². The predicted octanol–water partition coefficient (Wildman–Crippen LogP) is 0.917. The van der Waals surface area contributed by atoms with Crippen molar-refractivity contribution in [1.82, 2.24) is 9.88 Å². The molecular formula is C14H18N2O3. The van der Waals surface area contributed by atoms with Crippen molar-refractivity contribution in [3.63, 3.8) is 0 Å². The number of rotatable bonds is 6. The number of ether oxygens (including phenoxy) is 1. The van der Waals surface area contributed by atoms with Crippen LogP contribution in [0.5, 0.6) is 0 Å². The molecule has 0 spiro atoms. The number of hydrogen-bond acceptors (Lipinski definition) is 3. The number of aliphatic hydroxyl groups excluding tert-OH is 1. The molecule has 0 aliphatic carbocycles. The van der Waals surface area contributed by atoms with Crippen LogP contribution in [0.2, 0.25) is 0 Å². The van der Waals surface area contributed by atoms with Crippen molar-refractivity contribution in [1.29, 1.82) is 0 Å². The average Bonchev–Trinajstić information content (AvgIpc) is 2.76. The molecule has 0 aliphatic heterocycles. The quantitative estimate of drug-likeness (QED) is 0.761. The van der Waals surface area contributed by atoms with Crippen LogP contribution in [0, 0.1) is 0 Å². The number of aromatic nitrogens is 1. The average molecular weight is 262 g/mol. The van der Waals surface area contributed by atoms with E-state index in [9.17, 15) is 4.79 Å². The largest absolute Gasteiger partial charge is 0.394 e. The standard InChI is InChI=1S/C14H18N2O3/c1-16-10-12(11-4-2-3-5-13(11)16)14(18)15-6-8-19-9-7-17/h2-5,10,17H,6-9H2,1H3,(H,15,18). The van der Waals surface area contributed by atoms with Gasteiger partial charge in [0.2, 0.25) is 0 Å². The fraction of sp³-hybridized carbons (Fsp3) is 0.357. The first-order chi connectivity index (χ1) is 9.24. The van der Waals surface area contributed by atoms with Crippen LogP contribution in [-0.2, 0) is 11.8 Å². The number of nitrogens with zero attached hydrogens (tertiary/aromatic N) is 1. The van der Waals surface area contributed by atoms with E-state index in [1.54, 1.807) is 0 Å². The number of carbonyl (C=O) groups excluding carboxylic acids is 1. The highest BCUT2D eigenvalue weighted by molar-refractivity contribution is 6.06. The van der Waals surface area contributed by atoms with Gasteiger partial charge in [-0.2, -0.15) is 0 Å². The lowest BCUT2D eigenvalue weighted by atomic mass is 10.1. The summed E-state index contributed by atoms with van der Waals surface area (Å²) < 4.78 is 7.03. The van der Waals surface area contributed by atoms with E-state index in [2.05, 4.69) is 5.32 Å². The summed E-state index contributed by atoms with van der Waals surface area (Å²) in [4.78, 5) is 12.1. The van der Waals surface area contributed by atoms with E-state index >= 15 is 0 Å². The smallest absolute Gasteiger partial charge is 0.253 e. The number of fused-ring (bicyclic) bond motifs is 1. The lowest BCUT2D eigenvalue weighted by molar-refractivity contribution is 0.0839. The number of carbonyl (C=O) groups is 1. The van der Waals surface area contributed by atoms with Crippen LogP contribution >= 0.6 is 0 Å². The summed E-state index contributed by atoms with van der Waals surface area (Å²) in [5.74, 6) is -0.107. The first kappa shape index (κ1) is 13.6. The number of aliphatic hydroxyl groups is 1. The molecule has 5 nitrogen and oxygen atoms in total. The second-order valence-electron chi connectivity index (χ2n) is 4.26. The molecule has 0 aliphatic rings. The first-order valence-electron chi connectivity index (χ1n) is 6.25. The minimum atomic E-state index is -0.107. The Morgan fingerprint density at radius 2 is 2.16 bits per heavy atom. The van der Waals surface area contributed by atoms with Crippen LogP contribution in [0.1, 0.15) is 10.4 Å². The van der Waals surface area contributed by atoms with Gasteiger partial charge in [-0.1, -0.05) is 18.2 Å². The molecule has 1 aromatic heterocycles. The fourth-order valence-corrected chi connectivity index (χ4v) is 2.02. The molecule has 2 rings (SSSR count). The fourth-order valence-electron chi connectivity index (χ4n) is 2.02. The number of benzene rings is 1. The van der Waals surface area contributed by atoms with Gasteiger partial charge in [-0.15, -0.1) is 0 Å². The van der Waals surface area contributed by atoms with E-state index in [-0.39, 0.29) is 12.5 Å². The summed E-state index contributed by atoms with van der Waals surface area (Å²) in [6, 6.07) is 7.79. The van der Waals surface area contributed by atoms with Crippen LogP contribution in [-0.4, -0.2) is 41.9 Å². The lowest BCUT2D eigenvalue weighted by Gasteiger charge is -2.04. The zero-order chi connectivity index (χ0) is 13.7. The molecule has 1 amide bonds. The molecule has 102 valence electrons. The van der Waals surface area contributed by atoms with Crippen molar-refractivity contribution in [3.05, 3.63) is 36.0 Å². The number of para-hydroxylation sites is 1. The van der Waals surface area contributed by atoms with Crippen molar-refractivity contribution in [2.75, 3.05) is 26.4 Å². The summed E-state index contributed by atoms with van der Waals surface area (Å²) in [5, 5.41) is 12.3. The Morgan fingerprint density at radius 3 is 2.95 bits per heavy atom. The predicted molar refractivity (Wildman–Crippen MR) is 73.2 cm³/mol. The maximum Gasteiger partial charge on any atom is 0.253 e. The Balaban J connectivity index is 2.01. The van der Waals surface area contributed by atoms with Gasteiger partial charge in [0.25, 0.3) is 5.91 Å². The van der Waals surface area contributed by atoms with Crippen molar-refractivity contribution < 1.29 is 14.6 Å². The van der Waals surface area contributed by atoms with Gasteiger partial charge in [-0.25, -0.2) is 0 Å². The van der Waals surface area contributed by atoms with Crippen molar-refractivity contribution in [2.45, 2.75) is 0 Å². The lowest BCUT2D eigenvalue weighted by Crippen LogP contribution is -2.27. The highest BCUT2D eigenvalue weighted by Gasteiger charge is 2.12. The second-order valence-corrected chi connectivity index (χ2v) is 4.26. The molecule has 0 saturated heterocycles. The van der Waals surface area contributed by atoms with Crippen LogP contribution in [0.15, 0.2) is 30.5 Å². The number of nitrogens with one attached hydrogen (secondary N) is 1. The number of aryl methyl sites for hydroxylation is 1. The zero-order valence-electron chi connectivity index (χ0n) is 10.9. The van der Waals surface area contributed by atoms with Gasteiger partial charge >= 0.3 is 0 Å². The molecule has 0 saturated carbocycles. The molecule has 0 fully saturated rings. The topological polar surface area (TPSA) is 63.5 Å². The van der Waals surface area contributed by atoms with Crippen LogP contribution < -0.4 is 5.32 Å². The third-order valence-corrected chi connectivity index (χ3v) is 2.91. The molecule has 0 unspecified atom stereocenters. The molecule has 2 N–H and O–H groups in total. The zero-order valence-corrected chi connectivity index (χ0v) is 10.9. The maximum absolute atomic E-state index is 12.1. The van der Waals surface area contributed by atoms with Crippen LogP contribution in [0.4, 0.5) is 0 Å². The van der Waals surface area contributed by atoms with Crippen molar-refractivity contribution in [2.24, 2.45) is 7.05 Å². The normalized spacial score (nSPS) is 10.8. The molecule has 1 heterocycles.